The van der Waals surface area contributed by atoms with Crippen LogP contribution in [0.4, 0.5) is 13.2 Å². The number of hydrogen-bond acceptors (Lipinski definition) is 2. The maximum atomic E-state index is 12.0. The molecule has 2 N–H and O–H groups in total. The van der Waals surface area contributed by atoms with Crippen molar-refractivity contribution < 1.29 is 13.2 Å². The maximum Gasteiger partial charge on any atom is 0.389 e. The van der Waals surface area contributed by atoms with Gasteiger partial charge < -0.3 is 5.73 Å². The Morgan fingerprint density at radius 2 is 2.15 bits per heavy atom. The van der Waals surface area contributed by atoms with Crippen molar-refractivity contribution in [1.29, 1.82) is 0 Å². The molecule has 0 aromatic carbocycles. The molecule has 0 radical (unpaired) electrons. The third-order valence-electron chi connectivity index (χ3n) is 1.71. The largest absolute Gasteiger partial charge is 0.389 e. The second-order valence-corrected chi connectivity index (χ2v) is 3.75. The fourth-order valence-corrected chi connectivity index (χ4v) is 1.95. The molecule has 0 bridgehead atoms. The minimum absolute atomic E-state index is 0.0417. The highest BCUT2D eigenvalue weighted by Crippen LogP contribution is 2.32. The van der Waals surface area contributed by atoms with Crippen molar-refractivity contribution in [3.63, 3.8) is 0 Å². The monoisotopic (exact) mass is 209 g/mol. The third kappa shape index (κ3) is 3.36. The summed E-state index contributed by atoms with van der Waals surface area (Å²) in [6.45, 7) is 0.0417. The molecule has 1 aromatic heterocycles. The normalized spacial score (nSPS) is 14.5. The quantitative estimate of drug-likeness (QED) is 0.813. The molecule has 0 spiro atoms. The van der Waals surface area contributed by atoms with Crippen molar-refractivity contribution in [3.05, 3.63) is 22.4 Å². The molecule has 0 saturated heterocycles. The summed E-state index contributed by atoms with van der Waals surface area (Å²) in [5.74, 6) is -0.583. The van der Waals surface area contributed by atoms with E-state index < -0.39 is 18.5 Å². The highest BCUT2D eigenvalue weighted by Gasteiger charge is 2.32. The van der Waals surface area contributed by atoms with Gasteiger partial charge in [-0.25, -0.2) is 0 Å². The van der Waals surface area contributed by atoms with Gasteiger partial charge in [0.2, 0.25) is 0 Å². The molecule has 1 rings (SSSR count). The van der Waals surface area contributed by atoms with Gasteiger partial charge in [-0.3, -0.25) is 0 Å². The zero-order valence-electron chi connectivity index (χ0n) is 6.84. The molecule has 13 heavy (non-hydrogen) atoms. The summed E-state index contributed by atoms with van der Waals surface area (Å²) in [6, 6.07) is 3.42. The summed E-state index contributed by atoms with van der Waals surface area (Å²) in [6.07, 6.45) is -4.96. The van der Waals surface area contributed by atoms with Crippen LogP contribution in [-0.2, 0) is 0 Å². The zero-order valence-corrected chi connectivity index (χ0v) is 7.66. The second-order valence-electron chi connectivity index (χ2n) is 2.77. The van der Waals surface area contributed by atoms with Gasteiger partial charge in [-0.2, -0.15) is 13.2 Å². The Bertz CT molecular complexity index is 242. The Hall–Kier alpha value is -0.550. The average molecular weight is 209 g/mol. The maximum absolute atomic E-state index is 12.0. The van der Waals surface area contributed by atoms with Gasteiger partial charge in [-0.15, -0.1) is 11.3 Å². The van der Waals surface area contributed by atoms with E-state index in [4.69, 9.17) is 5.73 Å². The van der Waals surface area contributed by atoms with E-state index >= 15 is 0 Å². The minimum Gasteiger partial charge on any atom is -0.330 e. The molecular weight excluding hydrogens is 199 g/mol. The van der Waals surface area contributed by atoms with Crippen LogP contribution in [0.15, 0.2) is 17.5 Å². The van der Waals surface area contributed by atoms with E-state index in [-0.39, 0.29) is 6.54 Å². The number of hydrogen-bond donors (Lipinski definition) is 1. The number of nitrogens with two attached hydrogens (primary N) is 1. The first-order valence-electron chi connectivity index (χ1n) is 3.83. The van der Waals surface area contributed by atoms with Gasteiger partial charge >= 0.3 is 6.18 Å². The van der Waals surface area contributed by atoms with Gasteiger partial charge in [0, 0.05) is 17.3 Å². The number of alkyl halides is 3. The van der Waals surface area contributed by atoms with E-state index in [0.29, 0.717) is 4.88 Å². The Morgan fingerprint density at radius 1 is 1.46 bits per heavy atom. The van der Waals surface area contributed by atoms with Crippen molar-refractivity contribution >= 4 is 11.3 Å². The summed E-state index contributed by atoms with van der Waals surface area (Å²) < 4.78 is 36.1. The van der Waals surface area contributed by atoms with Gasteiger partial charge in [0.1, 0.15) is 0 Å². The molecule has 0 aliphatic carbocycles. The van der Waals surface area contributed by atoms with E-state index in [1.165, 1.54) is 11.3 Å². The third-order valence-corrected chi connectivity index (χ3v) is 2.74. The molecule has 0 aliphatic heterocycles. The highest BCUT2D eigenvalue weighted by atomic mass is 32.1. The van der Waals surface area contributed by atoms with Crippen LogP contribution in [0.25, 0.3) is 0 Å². The van der Waals surface area contributed by atoms with Crippen LogP contribution in [0.2, 0.25) is 0 Å². The summed E-state index contributed by atoms with van der Waals surface area (Å²) in [7, 11) is 0. The van der Waals surface area contributed by atoms with Crippen molar-refractivity contribution in [3.8, 4) is 0 Å². The van der Waals surface area contributed by atoms with Crippen molar-refractivity contribution in [1.82, 2.24) is 0 Å². The molecule has 1 aromatic rings. The Morgan fingerprint density at radius 3 is 2.54 bits per heavy atom. The standard InChI is InChI=1S/C8H10F3NS/c9-8(10,11)4-6(5-12)7-2-1-3-13-7/h1-3,6H,4-5,12H2. The smallest absolute Gasteiger partial charge is 0.330 e. The topological polar surface area (TPSA) is 26.0 Å². The van der Waals surface area contributed by atoms with E-state index in [2.05, 4.69) is 0 Å². The van der Waals surface area contributed by atoms with E-state index in [1.54, 1.807) is 17.5 Å². The van der Waals surface area contributed by atoms with Crippen LogP contribution < -0.4 is 5.73 Å². The van der Waals surface area contributed by atoms with Crippen LogP contribution in [0, 0.1) is 0 Å². The minimum atomic E-state index is -4.13. The molecule has 1 nitrogen and oxygen atoms in total. The van der Waals surface area contributed by atoms with Crippen molar-refractivity contribution in [2.45, 2.75) is 18.5 Å². The fraction of sp³-hybridized carbons (Fsp3) is 0.500. The predicted octanol–water partition coefficient (Wildman–Crippen LogP) is 2.74. The molecule has 1 unspecified atom stereocenters. The van der Waals surface area contributed by atoms with Crippen LogP contribution in [-0.4, -0.2) is 12.7 Å². The van der Waals surface area contributed by atoms with E-state index in [0.717, 1.165) is 0 Å². The first-order valence-corrected chi connectivity index (χ1v) is 4.71. The average Bonchev–Trinajstić information content (AvgIpc) is 2.50. The lowest BCUT2D eigenvalue weighted by Gasteiger charge is -2.14. The molecular formula is C8H10F3NS. The van der Waals surface area contributed by atoms with E-state index in [9.17, 15) is 13.2 Å². The lowest BCUT2D eigenvalue weighted by molar-refractivity contribution is -0.138. The first kappa shape index (κ1) is 10.5. The van der Waals surface area contributed by atoms with Crippen LogP contribution in [0.5, 0.6) is 0 Å². The molecule has 0 aliphatic rings. The summed E-state index contributed by atoms with van der Waals surface area (Å²) >= 11 is 1.32. The summed E-state index contributed by atoms with van der Waals surface area (Å²) in [5, 5.41) is 1.76. The molecule has 5 heteroatoms. The first-order chi connectivity index (χ1) is 6.03. The SMILES string of the molecule is NCC(CC(F)(F)F)c1cccs1. The highest BCUT2D eigenvalue weighted by molar-refractivity contribution is 7.10. The van der Waals surface area contributed by atoms with Crippen molar-refractivity contribution in [2.24, 2.45) is 5.73 Å². The van der Waals surface area contributed by atoms with Gasteiger partial charge in [0.25, 0.3) is 0 Å². The molecule has 0 amide bonds. The summed E-state index contributed by atoms with van der Waals surface area (Å²) in [4.78, 5) is 0.708. The number of halogens is 3. The van der Waals surface area contributed by atoms with Gasteiger partial charge in [0.15, 0.2) is 0 Å². The molecule has 1 atom stereocenters. The van der Waals surface area contributed by atoms with Crippen LogP contribution in [0.3, 0.4) is 0 Å². The van der Waals surface area contributed by atoms with Crippen molar-refractivity contribution in [2.75, 3.05) is 6.54 Å². The number of rotatable bonds is 3. The fourth-order valence-electron chi connectivity index (χ4n) is 1.10. The summed E-state index contributed by atoms with van der Waals surface area (Å²) in [5.41, 5.74) is 5.28. The lowest BCUT2D eigenvalue weighted by atomic mass is 10.0. The Kier molecular flexibility index (Phi) is 3.33. The van der Waals surface area contributed by atoms with Gasteiger partial charge in [-0.05, 0) is 11.4 Å². The molecule has 1 heterocycles. The van der Waals surface area contributed by atoms with E-state index in [1.807, 2.05) is 0 Å². The zero-order chi connectivity index (χ0) is 9.90. The molecule has 0 saturated carbocycles. The van der Waals surface area contributed by atoms with Gasteiger partial charge in [-0.1, -0.05) is 6.07 Å². The number of thiophene rings is 1. The van der Waals surface area contributed by atoms with Crippen LogP contribution in [0.1, 0.15) is 17.2 Å². The predicted molar refractivity (Wildman–Crippen MR) is 46.8 cm³/mol. The lowest BCUT2D eigenvalue weighted by Crippen LogP contribution is -2.19. The Labute approximate surface area is 78.4 Å². The van der Waals surface area contributed by atoms with Crippen LogP contribution >= 0.6 is 11.3 Å². The van der Waals surface area contributed by atoms with Gasteiger partial charge in [0.05, 0.1) is 6.42 Å². The Balaban J connectivity index is 2.64. The second kappa shape index (κ2) is 4.11. The molecule has 0 fully saturated rings. The molecule has 74 valence electrons.